The zero-order valence-electron chi connectivity index (χ0n) is 16.9. The summed E-state index contributed by atoms with van der Waals surface area (Å²) in [6.07, 6.45) is 7.87. The summed E-state index contributed by atoms with van der Waals surface area (Å²) in [6.45, 7) is 4.64. The maximum atomic E-state index is 13.1. The predicted molar refractivity (Wildman–Crippen MR) is 111 cm³/mol. The van der Waals surface area contributed by atoms with Crippen LogP contribution in [0.4, 0.5) is 0 Å². The molecule has 0 spiro atoms. The smallest absolute Gasteiger partial charge is 0.251 e. The van der Waals surface area contributed by atoms with Crippen molar-refractivity contribution in [2.45, 2.75) is 58.8 Å². The summed E-state index contributed by atoms with van der Waals surface area (Å²) < 4.78 is 0. The molecule has 4 saturated carbocycles. The average Bonchev–Trinajstić information content (AvgIpc) is 2.65. The van der Waals surface area contributed by atoms with Gasteiger partial charge in [0.2, 0.25) is 5.91 Å². The molecular formula is C24H30N2O2. The molecule has 0 aliphatic heterocycles. The second-order valence-corrected chi connectivity index (χ2v) is 9.80. The molecule has 1 aromatic carbocycles. The number of nitrogens with one attached hydrogen (secondary N) is 2. The van der Waals surface area contributed by atoms with Crippen LogP contribution in [0, 0.1) is 37.0 Å². The quantitative estimate of drug-likeness (QED) is 0.844. The third kappa shape index (κ3) is 2.89. The number of carbonyl (C=O) groups is 1. The van der Waals surface area contributed by atoms with Gasteiger partial charge < -0.3 is 10.3 Å². The lowest BCUT2D eigenvalue weighted by atomic mass is 9.49. The van der Waals surface area contributed by atoms with Gasteiger partial charge in [-0.3, -0.25) is 9.59 Å². The van der Waals surface area contributed by atoms with Crippen LogP contribution in [-0.2, 0) is 11.2 Å². The molecule has 4 aliphatic rings. The highest BCUT2D eigenvalue weighted by Crippen LogP contribution is 2.60. The van der Waals surface area contributed by atoms with Crippen molar-refractivity contribution in [2.24, 2.45) is 23.2 Å². The van der Waals surface area contributed by atoms with Crippen LogP contribution in [0.5, 0.6) is 0 Å². The van der Waals surface area contributed by atoms with Gasteiger partial charge in [-0.2, -0.15) is 0 Å². The van der Waals surface area contributed by atoms with E-state index < -0.39 is 0 Å². The zero-order valence-corrected chi connectivity index (χ0v) is 16.9. The van der Waals surface area contributed by atoms with Crippen molar-refractivity contribution in [3.05, 3.63) is 45.2 Å². The van der Waals surface area contributed by atoms with Gasteiger partial charge in [-0.05, 0) is 99.1 Å². The normalized spacial score (nSPS) is 30.7. The van der Waals surface area contributed by atoms with Gasteiger partial charge in [-0.1, -0.05) is 12.1 Å². The Labute approximate surface area is 166 Å². The summed E-state index contributed by atoms with van der Waals surface area (Å²) in [5.41, 5.74) is 3.83. The first-order valence-electron chi connectivity index (χ1n) is 10.8. The van der Waals surface area contributed by atoms with E-state index in [9.17, 15) is 9.59 Å². The molecule has 1 amide bonds. The van der Waals surface area contributed by atoms with E-state index in [4.69, 9.17) is 0 Å². The van der Waals surface area contributed by atoms with Crippen LogP contribution in [0.2, 0.25) is 0 Å². The molecule has 0 saturated heterocycles. The van der Waals surface area contributed by atoms with Gasteiger partial charge in [0.05, 0.1) is 5.52 Å². The molecule has 2 N–H and O–H groups in total. The van der Waals surface area contributed by atoms with E-state index in [1.165, 1.54) is 24.8 Å². The minimum absolute atomic E-state index is 0.0368. The second-order valence-electron chi connectivity index (χ2n) is 9.80. The molecule has 1 aromatic heterocycles. The largest absolute Gasteiger partial charge is 0.355 e. The lowest BCUT2D eigenvalue weighted by molar-refractivity contribution is -0.146. The molecule has 148 valence electrons. The van der Waals surface area contributed by atoms with Gasteiger partial charge in [0.25, 0.3) is 5.56 Å². The Kier molecular flexibility index (Phi) is 4.15. The van der Waals surface area contributed by atoms with Crippen molar-refractivity contribution < 1.29 is 4.79 Å². The number of hydrogen-bond donors (Lipinski definition) is 2. The summed E-state index contributed by atoms with van der Waals surface area (Å²) in [7, 11) is 0. The Morgan fingerprint density at radius 2 is 1.75 bits per heavy atom. The minimum atomic E-state index is -0.112. The molecule has 28 heavy (non-hydrogen) atoms. The third-order valence-electron chi connectivity index (χ3n) is 7.83. The molecule has 4 fully saturated rings. The number of H-pyrrole nitrogens is 1. The van der Waals surface area contributed by atoms with Crippen LogP contribution in [-0.4, -0.2) is 17.4 Å². The standard InChI is InChI=1S/C24H30N2O2/c1-14-3-4-19-10-20(22(27)26-21(19)15(14)2)5-6-25-23(28)24-11-16-7-17(12-24)9-18(8-16)13-24/h3-4,10,16-18H,5-9,11-13H2,1-2H3,(H,25,28)(H,26,27). The van der Waals surface area contributed by atoms with Crippen molar-refractivity contribution >= 4 is 16.8 Å². The number of carbonyl (C=O) groups excluding carboxylic acids is 1. The van der Waals surface area contributed by atoms with Gasteiger partial charge in [-0.15, -0.1) is 0 Å². The number of aromatic nitrogens is 1. The van der Waals surface area contributed by atoms with Crippen molar-refractivity contribution in [3.8, 4) is 0 Å². The van der Waals surface area contributed by atoms with Crippen molar-refractivity contribution in [3.63, 3.8) is 0 Å². The maximum absolute atomic E-state index is 13.1. The Bertz CT molecular complexity index is 968. The van der Waals surface area contributed by atoms with Gasteiger partial charge in [0.15, 0.2) is 0 Å². The summed E-state index contributed by atoms with van der Waals surface area (Å²) in [4.78, 5) is 28.6. The zero-order chi connectivity index (χ0) is 19.5. The fraction of sp³-hybridized carbons (Fsp3) is 0.583. The lowest BCUT2D eigenvalue weighted by Gasteiger charge is -2.55. The van der Waals surface area contributed by atoms with Crippen molar-refractivity contribution in [1.82, 2.24) is 10.3 Å². The summed E-state index contributed by atoms with van der Waals surface area (Å²) in [6, 6.07) is 6.14. The summed E-state index contributed by atoms with van der Waals surface area (Å²) in [5.74, 6) is 2.56. The van der Waals surface area contributed by atoms with Crippen LogP contribution < -0.4 is 10.9 Å². The number of pyridine rings is 1. The minimum Gasteiger partial charge on any atom is -0.355 e. The number of rotatable bonds is 4. The Morgan fingerprint density at radius 1 is 1.11 bits per heavy atom. The first kappa shape index (κ1) is 18.0. The first-order chi connectivity index (χ1) is 13.4. The van der Waals surface area contributed by atoms with E-state index in [1.54, 1.807) is 0 Å². The summed E-state index contributed by atoms with van der Waals surface area (Å²) >= 11 is 0. The van der Waals surface area contributed by atoms with E-state index in [2.05, 4.69) is 29.4 Å². The fourth-order valence-corrected chi connectivity index (χ4v) is 6.64. The highest BCUT2D eigenvalue weighted by molar-refractivity contribution is 5.84. The molecule has 6 rings (SSSR count). The molecule has 2 aromatic rings. The number of hydrogen-bond acceptors (Lipinski definition) is 2. The molecule has 1 heterocycles. The molecular weight excluding hydrogens is 348 g/mol. The fourth-order valence-electron chi connectivity index (χ4n) is 6.64. The molecule has 0 atom stereocenters. The highest BCUT2D eigenvalue weighted by Gasteiger charge is 2.54. The first-order valence-corrected chi connectivity index (χ1v) is 10.8. The van der Waals surface area contributed by atoms with Crippen molar-refractivity contribution in [1.29, 1.82) is 0 Å². The average molecular weight is 379 g/mol. The molecule has 4 heteroatoms. The SMILES string of the molecule is Cc1ccc2cc(CCNC(=O)C34CC5CC(CC(C5)C3)C4)c(=O)[nH]c2c1C. The van der Waals surface area contributed by atoms with Crippen LogP contribution in [0.1, 0.15) is 55.2 Å². The van der Waals surface area contributed by atoms with Gasteiger partial charge in [-0.25, -0.2) is 0 Å². The Balaban J connectivity index is 1.28. The Hall–Kier alpha value is -2.10. The monoisotopic (exact) mass is 378 g/mol. The van der Waals surface area contributed by atoms with E-state index in [0.29, 0.717) is 13.0 Å². The van der Waals surface area contributed by atoms with Gasteiger partial charge in [0.1, 0.15) is 0 Å². The molecule has 4 aliphatic carbocycles. The van der Waals surface area contributed by atoms with Gasteiger partial charge >= 0.3 is 0 Å². The number of fused-ring (bicyclic) bond motifs is 1. The molecule has 4 nitrogen and oxygen atoms in total. The topological polar surface area (TPSA) is 62.0 Å². The van der Waals surface area contributed by atoms with E-state index in [1.807, 2.05) is 13.0 Å². The van der Waals surface area contributed by atoms with Gasteiger partial charge in [0, 0.05) is 17.5 Å². The highest BCUT2D eigenvalue weighted by atomic mass is 16.2. The predicted octanol–water partition coefficient (Wildman–Crippen LogP) is 4.02. The molecule has 4 bridgehead atoms. The number of aryl methyl sites for hydroxylation is 2. The second kappa shape index (κ2) is 6.47. The lowest BCUT2D eigenvalue weighted by Crippen LogP contribution is -2.53. The van der Waals surface area contributed by atoms with E-state index in [0.717, 1.165) is 59.0 Å². The van der Waals surface area contributed by atoms with Crippen LogP contribution in [0.3, 0.4) is 0 Å². The maximum Gasteiger partial charge on any atom is 0.251 e. The van der Waals surface area contributed by atoms with E-state index in [-0.39, 0.29) is 16.9 Å². The molecule has 0 radical (unpaired) electrons. The van der Waals surface area contributed by atoms with Crippen LogP contribution in [0.25, 0.3) is 10.9 Å². The van der Waals surface area contributed by atoms with E-state index >= 15 is 0 Å². The van der Waals surface area contributed by atoms with Crippen LogP contribution in [0.15, 0.2) is 23.0 Å². The molecule has 0 unspecified atom stereocenters. The third-order valence-corrected chi connectivity index (χ3v) is 7.83. The summed E-state index contributed by atoms with van der Waals surface area (Å²) in [5, 5.41) is 4.25. The van der Waals surface area contributed by atoms with Crippen LogP contribution >= 0.6 is 0 Å². The number of benzene rings is 1. The van der Waals surface area contributed by atoms with Crippen molar-refractivity contribution in [2.75, 3.05) is 6.54 Å². The number of aromatic amines is 1. The Morgan fingerprint density at radius 3 is 2.39 bits per heavy atom. The number of amides is 1.